The van der Waals surface area contributed by atoms with E-state index in [2.05, 4.69) is 0 Å². The van der Waals surface area contributed by atoms with Gasteiger partial charge in [0, 0.05) is 13.1 Å². The minimum Gasteiger partial charge on any atom is -0.480 e. The lowest BCUT2D eigenvalue weighted by molar-refractivity contribution is -0.144. The van der Waals surface area contributed by atoms with Gasteiger partial charge >= 0.3 is 5.97 Å². The maximum atomic E-state index is 12.9. The summed E-state index contributed by atoms with van der Waals surface area (Å²) < 4.78 is 43.3. The molecule has 9 heteroatoms. The number of aliphatic carboxylic acids is 1. The first-order valence-corrected chi connectivity index (χ1v) is 7.74. The molecule has 0 amide bonds. The molecule has 19 heavy (non-hydrogen) atoms. The van der Waals surface area contributed by atoms with Gasteiger partial charge in [-0.15, -0.1) is 0 Å². The SMILES string of the molecule is O=C(O)CO[C@H]1CCN(S(=O)(=O)c2ccc(F)s2)C1. The van der Waals surface area contributed by atoms with Crippen molar-refractivity contribution in [2.45, 2.75) is 16.7 Å². The summed E-state index contributed by atoms with van der Waals surface area (Å²) in [7, 11) is -3.70. The zero-order chi connectivity index (χ0) is 14.0. The molecule has 0 radical (unpaired) electrons. The number of nitrogens with zero attached hydrogens (tertiary/aromatic N) is 1. The zero-order valence-electron chi connectivity index (χ0n) is 9.78. The predicted octanol–water partition coefficient (Wildman–Crippen LogP) is 0.751. The minimum atomic E-state index is -3.70. The summed E-state index contributed by atoms with van der Waals surface area (Å²) in [5.41, 5.74) is 0. The predicted molar refractivity (Wildman–Crippen MR) is 65.0 cm³/mol. The molecule has 2 heterocycles. The van der Waals surface area contributed by atoms with Gasteiger partial charge in [-0.1, -0.05) is 11.3 Å². The molecule has 1 aliphatic rings. The van der Waals surface area contributed by atoms with Gasteiger partial charge in [0.05, 0.1) is 6.10 Å². The van der Waals surface area contributed by atoms with Crippen molar-refractivity contribution in [3.8, 4) is 0 Å². The van der Waals surface area contributed by atoms with Gasteiger partial charge in [-0.2, -0.15) is 8.70 Å². The molecular formula is C10H12FNO5S2. The van der Waals surface area contributed by atoms with E-state index in [4.69, 9.17) is 9.84 Å². The number of rotatable bonds is 5. The third kappa shape index (κ3) is 3.30. The van der Waals surface area contributed by atoms with E-state index in [9.17, 15) is 17.6 Å². The normalized spacial score (nSPS) is 20.8. The van der Waals surface area contributed by atoms with Gasteiger partial charge in [0.1, 0.15) is 10.8 Å². The van der Waals surface area contributed by atoms with Gasteiger partial charge in [-0.05, 0) is 18.6 Å². The summed E-state index contributed by atoms with van der Waals surface area (Å²) in [6, 6.07) is 2.33. The highest BCUT2D eigenvalue weighted by Gasteiger charge is 2.34. The maximum absolute atomic E-state index is 12.9. The largest absolute Gasteiger partial charge is 0.480 e. The van der Waals surface area contributed by atoms with E-state index in [-0.39, 0.29) is 17.3 Å². The van der Waals surface area contributed by atoms with Gasteiger partial charge < -0.3 is 9.84 Å². The van der Waals surface area contributed by atoms with Crippen molar-refractivity contribution in [1.82, 2.24) is 4.31 Å². The minimum absolute atomic E-state index is 0.0520. The van der Waals surface area contributed by atoms with Gasteiger partial charge in [-0.3, -0.25) is 0 Å². The summed E-state index contributed by atoms with van der Waals surface area (Å²) in [5.74, 6) is -1.10. The molecule has 6 nitrogen and oxygen atoms in total. The molecule has 0 saturated carbocycles. The Bertz CT molecular complexity index is 570. The average molecular weight is 309 g/mol. The molecule has 0 aliphatic carbocycles. The molecule has 1 aliphatic heterocycles. The number of carbonyl (C=O) groups is 1. The topological polar surface area (TPSA) is 83.9 Å². The average Bonchev–Trinajstić information content (AvgIpc) is 2.95. The van der Waals surface area contributed by atoms with Crippen LogP contribution in [0.1, 0.15) is 6.42 Å². The van der Waals surface area contributed by atoms with E-state index in [0.29, 0.717) is 17.8 Å². The van der Waals surface area contributed by atoms with Crippen LogP contribution in [0, 0.1) is 5.13 Å². The number of thiophene rings is 1. The van der Waals surface area contributed by atoms with Gasteiger partial charge in [0.15, 0.2) is 5.13 Å². The first-order valence-electron chi connectivity index (χ1n) is 5.48. The number of sulfonamides is 1. The molecule has 106 valence electrons. The summed E-state index contributed by atoms with van der Waals surface area (Å²) >= 11 is 0.570. The first kappa shape index (κ1) is 14.4. The summed E-state index contributed by atoms with van der Waals surface area (Å²) in [5, 5.41) is 7.92. The van der Waals surface area contributed by atoms with Gasteiger partial charge in [0.2, 0.25) is 0 Å². The summed E-state index contributed by atoms with van der Waals surface area (Å²) in [6.45, 7) is -0.118. The monoisotopic (exact) mass is 309 g/mol. The molecule has 0 aromatic carbocycles. The second kappa shape index (κ2) is 5.53. The molecule has 1 aromatic rings. The Morgan fingerprint density at radius 1 is 1.58 bits per heavy atom. The third-order valence-corrected chi connectivity index (χ3v) is 5.90. The molecule has 2 rings (SSSR count). The fraction of sp³-hybridized carbons (Fsp3) is 0.500. The molecule has 1 saturated heterocycles. The Morgan fingerprint density at radius 2 is 2.32 bits per heavy atom. The lowest BCUT2D eigenvalue weighted by atomic mass is 10.3. The molecule has 1 aromatic heterocycles. The van der Waals surface area contributed by atoms with Crippen molar-refractivity contribution in [2.75, 3.05) is 19.7 Å². The molecule has 0 spiro atoms. The Labute approximate surface area is 113 Å². The number of carboxylic acids is 1. The van der Waals surface area contributed by atoms with Crippen LogP contribution in [0.4, 0.5) is 4.39 Å². The van der Waals surface area contributed by atoms with Crippen molar-refractivity contribution in [3.05, 3.63) is 17.3 Å². The maximum Gasteiger partial charge on any atom is 0.329 e. The van der Waals surface area contributed by atoms with E-state index in [0.717, 1.165) is 6.07 Å². The molecule has 1 atom stereocenters. The lowest BCUT2D eigenvalue weighted by Gasteiger charge is -2.15. The van der Waals surface area contributed by atoms with E-state index in [1.54, 1.807) is 0 Å². The fourth-order valence-electron chi connectivity index (χ4n) is 1.80. The molecule has 0 bridgehead atoms. The van der Waals surface area contributed by atoms with E-state index < -0.39 is 33.8 Å². The molecular weight excluding hydrogens is 297 g/mol. The van der Waals surface area contributed by atoms with E-state index >= 15 is 0 Å². The van der Waals surface area contributed by atoms with Crippen molar-refractivity contribution in [2.24, 2.45) is 0 Å². The number of hydrogen-bond donors (Lipinski definition) is 1. The van der Waals surface area contributed by atoms with Crippen LogP contribution >= 0.6 is 11.3 Å². The van der Waals surface area contributed by atoms with Crippen LogP contribution in [0.25, 0.3) is 0 Å². The smallest absolute Gasteiger partial charge is 0.329 e. The van der Waals surface area contributed by atoms with Crippen LogP contribution < -0.4 is 0 Å². The van der Waals surface area contributed by atoms with Crippen LogP contribution in [0.5, 0.6) is 0 Å². The number of ether oxygens (including phenoxy) is 1. The quantitative estimate of drug-likeness (QED) is 0.868. The van der Waals surface area contributed by atoms with Crippen LogP contribution in [0.3, 0.4) is 0 Å². The number of carboxylic acid groups (broad SMARTS) is 1. The standard InChI is InChI=1S/C10H12FNO5S2/c11-8-1-2-10(18-8)19(15,16)12-4-3-7(5-12)17-6-9(13)14/h1-2,7H,3-6H2,(H,13,14)/t7-/m0/s1. The van der Waals surface area contributed by atoms with Gasteiger partial charge in [-0.25, -0.2) is 13.2 Å². The van der Waals surface area contributed by atoms with Crippen molar-refractivity contribution >= 4 is 27.3 Å². The van der Waals surface area contributed by atoms with E-state index in [1.807, 2.05) is 0 Å². The van der Waals surface area contributed by atoms with Crippen LogP contribution in [-0.4, -0.2) is 49.6 Å². The summed E-state index contributed by atoms with van der Waals surface area (Å²) in [6.07, 6.45) is -0.00363. The number of hydrogen-bond acceptors (Lipinski definition) is 5. The Balaban J connectivity index is 2.02. The fourth-order valence-corrected chi connectivity index (χ4v) is 4.45. The molecule has 0 unspecified atom stereocenters. The Hall–Kier alpha value is -1.03. The highest BCUT2D eigenvalue weighted by atomic mass is 32.2. The summed E-state index contributed by atoms with van der Waals surface area (Å²) in [4.78, 5) is 10.4. The van der Waals surface area contributed by atoms with Crippen molar-refractivity contribution in [1.29, 1.82) is 0 Å². The van der Waals surface area contributed by atoms with Crippen LogP contribution in [0.2, 0.25) is 0 Å². The van der Waals surface area contributed by atoms with Crippen LogP contribution in [-0.2, 0) is 19.6 Å². The zero-order valence-corrected chi connectivity index (χ0v) is 11.4. The Kier molecular flexibility index (Phi) is 4.19. The molecule has 1 N–H and O–H groups in total. The number of halogens is 1. The van der Waals surface area contributed by atoms with Crippen LogP contribution in [0.15, 0.2) is 16.3 Å². The van der Waals surface area contributed by atoms with Crippen molar-refractivity contribution < 1.29 is 27.4 Å². The van der Waals surface area contributed by atoms with Crippen molar-refractivity contribution in [3.63, 3.8) is 0 Å². The van der Waals surface area contributed by atoms with E-state index in [1.165, 1.54) is 10.4 Å². The lowest BCUT2D eigenvalue weighted by Crippen LogP contribution is -2.30. The third-order valence-electron chi connectivity index (χ3n) is 2.69. The molecule has 1 fully saturated rings. The second-order valence-electron chi connectivity index (χ2n) is 4.04. The highest BCUT2D eigenvalue weighted by Crippen LogP contribution is 2.27. The second-order valence-corrected chi connectivity index (χ2v) is 7.24. The Morgan fingerprint density at radius 3 is 2.89 bits per heavy atom. The first-order chi connectivity index (χ1) is 8.89. The van der Waals surface area contributed by atoms with Gasteiger partial charge in [0.25, 0.3) is 10.0 Å². The highest BCUT2D eigenvalue weighted by molar-refractivity contribution is 7.91.